The Balaban J connectivity index is 1.91. The van der Waals surface area contributed by atoms with Crippen LogP contribution in [0, 0.1) is 23.3 Å². The molecule has 0 spiro atoms. The van der Waals surface area contributed by atoms with Crippen molar-refractivity contribution in [3.63, 3.8) is 0 Å². The van der Waals surface area contributed by atoms with Gasteiger partial charge < -0.3 is 10.2 Å². The standard InChI is InChI=1S/C21H11Cl2F4N3O2/c22-13-7-12(8-14(23)19(13)31)30-9-28-20(29-30)21(32,10-1-3-15(24)17(26)5-10)11-2-4-16(25)18(27)6-11/h1-9,31-32H. The minimum absolute atomic E-state index is 0.0824. The van der Waals surface area contributed by atoms with Crippen LogP contribution in [0.3, 0.4) is 0 Å². The third-order valence-electron chi connectivity index (χ3n) is 4.76. The van der Waals surface area contributed by atoms with E-state index in [1.165, 1.54) is 12.1 Å². The van der Waals surface area contributed by atoms with Gasteiger partial charge in [-0.1, -0.05) is 35.3 Å². The molecule has 0 aliphatic heterocycles. The number of phenols is 1. The zero-order valence-corrected chi connectivity index (χ0v) is 17.2. The van der Waals surface area contributed by atoms with Crippen molar-refractivity contribution >= 4 is 23.2 Å². The summed E-state index contributed by atoms with van der Waals surface area (Å²) in [5.74, 6) is -5.62. The minimum atomic E-state index is -2.39. The summed E-state index contributed by atoms with van der Waals surface area (Å²) in [6, 6.07) is 7.70. The van der Waals surface area contributed by atoms with Crippen molar-refractivity contribution in [2.24, 2.45) is 0 Å². The fourth-order valence-corrected chi connectivity index (χ4v) is 3.58. The highest BCUT2D eigenvalue weighted by molar-refractivity contribution is 6.37. The van der Waals surface area contributed by atoms with E-state index in [9.17, 15) is 27.8 Å². The van der Waals surface area contributed by atoms with Gasteiger partial charge in [-0.2, -0.15) is 0 Å². The van der Waals surface area contributed by atoms with Crippen molar-refractivity contribution < 1.29 is 27.8 Å². The van der Waals surface area contributed by atoms with E-state index in [1.807, 2.05) is 0 Å². The molecule has 32 heavy (non-hydrogen) atoms. The van der Waals surface area contributed by atoms with Gasteiger partial charge >= 0.3 is 0 Å². The summed E-state index contributed by atoms with van der Waals surface area (Å²) in [6.07, 6.45) is 1.15. The van der Waals surface area contributed by atoms with E-state index >= 15 is 0 Å². The number of aliphatic hydroxyl groups is 1. The molecule has 11 heteroatoms. The molecule has 0 fully saturated rings. The van der Waals surface area contributed by atoms with E-state index in [1.54, 1.807) is 0 Å². The minimum Gasteiger partial charge on any atom is -0.505 e. The van der Waals surface area contributed by atoms with Crippen molar-refractivity contribution in [3.8, 4) is 11.4 Å². The third-order valence-corrected chi connectivity index (χ3v) is 5.33. The Hall–Kier alpha value is -3.14. The highest BCUT2D eigenvalue weighted by Crippen LogP contribution is 2.37. The lowest BCUT2D eigenvalue weighted by Crippen LogP contribution is -2.31. The fourth-order valence-electron chi connectivity index (χ4n) is 3.10. The van der Waals surface area contributed by atoms with Crippen molar-refractivity contribution in [2.45, 2.75) is 5.60 Å². The van der Waals surface area contributed by atoms with Gasteiger partial charge in [-0.15, -0.1) is 5.10 Å². The maximum absolute atomic E-state index is 14.0. The van der Waals surface area contributed by atoms with Gasteiger partial charge in [-0.05, 0) is 47.5 Å². The molecule has 3 aromatic carbocycles. The number of aromatic hydroxyl groups is 1. The Kier molecular flexibility index (Phi) is 5.58. The van der Waals surface area contributed by atoms with Gasteiger partial charge in [0.15, 0.2) is 40.4 Å². The maximum atomic E-state index is 14.0. The summed E-state index contributed by atoms with van der Waals surface area (Å²) in [7, 11) is 0. The van der Waals surface area contributed by atoms with Crippen molar-refractivity contribution in [1.82, 2.24) is 14.8 Å². The van der Waals surface area contributed by atoms with Crippen LogP contribution in [0.4, 0.5) is 17.6 Å². The predicted octanol–water partition coefficient (Wildman–Crippen LogP) is 5.12. The van der Waals surface area contributed by atoms with E-state index in [-0.39, 0.29) is 38.4 Å². The van der Waals surface area contributed by atoms with E-state index in [4.69, 9.17) is 23.2 Å². The summed E-state index contributed by atoms with van der Waals surface area (Å²) in [4.78, 5) is 4.02. The quantitative estimate of drug-likeness (QED) is 0.395. The molecule has 4 aromatic rings. The number of halogens is 6. The molecular weight excluding hydrogens is 473 g/mol. The monoisotopic (exact) mass is 483 g/mol. The van der Waals surface area contributed by atoms with Gasteiger partial charge in [0.25, 0.3) is 0 Å². The molecule has 5 nitrogen and oxygen atoms in total. The fraction of sp³-hybridized carbons (Fsp3) is 0.0476. The summed E-state index contributed by atoms with van der Waals surface area (Å²) in [6.45, 7) is 0. The maximum Gasteiger partial charge on any atom is 0.192 e. The largest absolute Gasteiger partial charge is 0.505 e. The first-order valence-corrected chi connectivity index (χ1v) is 9.61. The van der Waals surface area contributed by atoms with Crippen LogP contribution in [0.15, 0.2) is 54.9 Å². The lowest BCUT2D eigenvalue weighted by molar-refractivity contribution is 0.114. The van der Waals surface area contributed by atoms with E-state index in [0.717, 1.165) is 35.3 Å². The molecule has 1 heterocycles. The number of benzene rings is 3. The molecule has 0 bridgehead atoms. The number of nitrogens with zero attached hydrogens (tertiary/aromatic N) is 3. The van der Waals surface area contributed by atoms with Crippen LogP contribution in [0.5, 0.6) is 5.75 Å². The third kappa shape index (κ3) is 3.68. The second kappa shape index (κ2) is 8.09. The Morgan fingerprint density at radius 2 is 1.28 bits per heavy atom. The molecule has 0 atom stereocenters. The first-order chi connectivity index (χ1) is 15.1. The van der Waals surface area contributed by atoms with Gasteiger partial charge in [0, 0.05) is 0 Å². The molecule has 0 aliphatic carbocycles. The zero-order chi connectivity index (χ0) is 23.2. The van der Waals surface area contributed by atoms with Crippen LogP contribution in [0.25, 0.3) is 5.69 Å². The Labute approximate surface area is 188 Å². The Morgan fingerprint density at radius 3 is 1.75 bits per heavy atom. The second-order valence-electron chi connectivity index (χ2n) is 6.74. The summed E-state index contributed by atoms with van der Waals surface area (Å²) < 4.78 is 56.1. The number of rotatable bonds is 4. The molecule has 0 unspecified atom stereocenters. The SMILES string of the molecule is Oc1c(Cl)cc(-n2cnc(C(O)(c3ccc(F)c(F)c3)c3ccc(F)c(F)c3)n2)cc1Cl. The van der Waals surface area contributed by atoms with Crippen LogP contribution in [-0.2, 0) is 5.60 Å². The van der Waals surface area contributed by atoms with Crippen LogP contribution < -0.4 is 0 Å². The first-order valence-electron chi connectivity index (χ1n) is 8.85. The molecule has 0 saturated heterocycles. The Morgan fingerprint density at radius 1 is 0.781 bits per heavy atom. The lowest BCUT2D eigenvalue weighted by Gasteiger charge is -2.26. The first kappa shape index (κ1) is 22.1. The molecule has 1 aromatic heterocycles. The summed E-state index contributed by atoms with van der Waals surface area (Å²) >= 11 is 11.8. The molecule has 0 amide bonds. The smallest absolute Gasteiger partial charge is 0.192 e. The van der Waals surface area contributed by atoms with Crippen LogP contribution in [0.1, 0.15) is 17.0 Å². The van der Waals surface area contributed by atoms with Gasteiger partial charge in [0.1, 0.15) is 6.33 Å². The van der Waals surface area contributed by atoms with Crippen LogP contribution in [-0.4, -0.2) is 25.0 Å². The highest BCUT2D eigenvalue weighted by atomic mass is 35.5. The second-order valence-corrected chi connectivity index (χ2v) is 7.55. The predicted molar refractivity (Wildman–Crippen MR) is 108 cm³/mol. The van der Waals surface area contributed by atoms with Gasteiger partial charge in [0.05, 0.1) is 15.7 Å². The van der Waals surface area contributed by atoms with Crippen molar-refractivity contribution in [3.05, 3.63) is 105 Å². The Bertz CT molecular complexity index is 1270. The van der Waals surface area contributed by atoms with Crippen LogP contribution in [0.2, 0.25) is 10.0 Å². The number of hydrogen-bond donors (Lipinski definition) is 2. The molecule has 0 radical (unpaired) electrons. The summed E-state index contributed by atoms with van der Waals surface area (Å²) in [5, 5.41) is 25.3. The molecule has 164 valence electrons. The number of hydrogen-bond acceptors (Lipinski definition) is 4. The van der Waals surface area contributed by atoms with Gasteiger partial charge in [-0.3, -0.25) is 0 Å². The molecule has 2 N–H and O–H groups in total. The van der Waals surface area contributed by atoms with E-state index < -0.39 is 28.9 Å². The molecular formula is C21H11Cl2F4N3O2. The normalized spacial score (nSPS) is 11.7. The zero-order valence-electron chi connectivity index (χ0n) is 15.7. The average molecular weight is 484 g/mol. The van der Waals surface area contributed by atoms with E-state index in [2.05, 4.69) is 10.1 Å². The topological polar surface area (TPSA) is 71.2 Å². The van der Waals surface area contributed by atoms with Crippen molar-refractivity contribution in [2.75, 3.05) is 0 Å². The molecule has 0 aliphatic rings. The highest BCUT2D eigenvalue weighted by Gasteiger charge is 2.39. The van der Waals surface area contributed by atoms with Crippen LogP contribution >= 0.6 is 23.2 Å². The van der Waals surface area contributed by atoms with Gasteiger partial charge in [-0.25, -0.2) is 27.2 Å². The van der Waals surface area contributed by atoms with Gasteiger partial charge in [0.2, 0.25) is 0 Å². The van der Waals surface area contributed by atoms with Crippen molar-refractivity contribution in [1.29, 1.82) is 0 Å². The number of aromatic nitrogens is 3. The summed E-state index contributed by atoms with van der Waals surface area (Å²) in [5.41, 5.74) is -2.61. The average Bonchev–Trinajstić information content (AvgIpc) is 3.26. The molecule has 0 saturated carbocycles. The lowest BCUT2D eigenvalue weighted by atomic mass is 9.85. The number of phenolic OH excluding ortho intramolecular Hbond substituents is 1. The van der Waals surface area contributed by atoms with E-state index in [0.29, 0.717) is 12.1 Å². The molecule has 4 rings (SSSR count).